The highest BCUT2D eigenvalue weighted by Gasteiger charge is 2.65. The summed E-state index contributed by atoms with van der Waals surface area (Å²) in [7, 11) is -8.66. The Hall–Kier alpha value is -1.84. The molecular weight excluding hydrogens is 345 g/mol. The number of halogens is 5. The second kappa shape index (κ2) is 5.36. The minimum atomic E-state index is -9.78. The Labute approximate surface area is 129 Å². The molecule has 1 amide bonds. The molecule has 1 N–H and O–H groups in total. The van der Waals surface area contributed by atoms with Gasteiger partial charge in [-0.2, -0.15) is 0 Å². The van der Waals surface area contributed by atoms with Crippen LogP contribution >= 0.6 is 10.2 Å². The zero-order valence-electron chi connectivity index (χ0n) is 12.5. The zero-order valence-corrected chi connectivity index (χ0v) is 13.3. The van der Waals surface area contributed by atoms with Crippen LogP contribution in [0, 0.1) is 5.92 Å². The molecule has 0 aliphatic carbocycles. The Kier molecular flexibility index (Phi) is 4.48. The normalized spacial score (nSPS) is 16.2. The van der Waals surface area contributed by atoms with Gasteiger partial charge in [0.15, 0.2) is 0 Å². The monoisotopic (exact) mass is 361 g/mol. The third-order valence-electron chi connectivity index (χ3n) is 2.97. The Bertz CT molecular complexity index is 613. The van der Waals surface area contributed by atoms with Gasteiger partial charge in [-0.3, -0.25) is 4.79 Å². The van der Waals surface area contributed by atoms with Gasteiger partial charge in [-0.1, -0.05) is 33.3 Å². The average Bonchev–Trinajstić information content (AvgIpc) is 2.41. The highest BCUT2D eigenvalue weighted by molar-refractivity contribution is 8.45. The molecule has 4 nitrogen and oxygen atoms in total. The van der Waals surface area contributed by atoms with Gasteiger partial charge in [0.25, 0.3) is 5.91 Å². The number of amides is 1. The van der Waals surface area contributed by atoms with Crippen molar-refractivity contribution in [1.82, 2.24) is 5.32 Å². The lowest BCUT2D eigenvalue weighted by molar-refractivity contribution is -0.144. The number of hydrogen-bond donors (Lipinski definition) is 1. The Morgan fingerprint density at radius 1 is 1.04 bits per heavy atom. The van der Waals surface area contributed by atoms with Gasteiger partial charge in [-0.25, -0.2) is 4.79 Å². The van der Waals surface area contributed by atoms with Gasteiger partial charge in [0, 0.05) is 5.56 Å². The molecule has 0 bridgehead atoms. The summed E-state index contributed by atoms with van der Waals surface area (Å²) in [5.41, 5.74) is -0.287. The molecule has 0 aromatic heterocycles. The number of ether oxygens (including phenoxy) is 1. The molecule has 1 aromatic rings. The van der Waals surface area contributed by atoms with Gasteiger partial charge >= 0.3 is 16.2 Å². The third kappa shape index (κ3) is 5.08. The number of carbonyl (C=O) groups excluding carboxylic acids is 2. The van der Waals surface area contributed by atoms with E-state index in [0.717, 1.165) is 7.11 Å². The first kappa shape index (κ1) is 19.2. The minimum Gasteiger partial charge on any atom is -0.467 e. The van der Waals surface area contributed by atoms with Gasteiger partial charge in [-0.05, 0) is 30.2 Å². The lowest BCUT2D eigenvalue weighted by atomic mass is 10.0. The molecule has 0 saturated heterocycles. The molecule has 1 rings (SSSR count). The van der Waals surface area contributed by atoms with E-state index in [1.54, 1.807) is 13.8 Å². The summed E-state index contributed by atoms with van der Waals surface area (Å²) >= 11 is 0. The molecular formula is C13H16F5NO3S. The largest absolute Gasteiger partial charge is 0.467 e. The van der Waals surface area contributed by atoms with Crippen molar-refractivity contribution in [3.63, 3.8) is 0 Å². The summed E-state index contributed by atoms with van der Waals surface area (Å²) in [4.78, 5) is 21.3. The molecule has 23 heavy (non-hydrogen) atoms. The molecule has 0 aliphatic rings. The van der Waals surface area contributed by atoms with E-state index in [1.807, 2.05) is 0 Å². The minimum absolute atomic E-state index is 0.138. The van der Waals surface area contributed by atoms with Crippen LogP contribution < -0.4 is 5.32 Å². The molecule has 0 radical (unpaired) electrons. The van der Waals surface area contributed by atoms with Gasteiger partial charge < -0.3 is 10.1 Å². The van der Waals surface area contributed by atoms with Crippen LogP contribution in [0.2, 0.25) is 0 Å². The van der Waals surface area contributed by atoms with E-state index in [2.05, 4.69) is 10.1 Å². The van der Waals surface area contributed by atoms with E-state index in [0.29, 0.717) is 12.1 Å². The molecule has 1 aromatic carbocycles. The topological polar surface area (TPSA) is 55.4 Å². The van der Waals surface area contributed by atoms with Gasteiger partial charge in [0.05, 0.1) is 7.11 Å². The zero-order chi connectivity index (χ0) is 18.1. The standard InChI is InChI=1S/C13H16F5NO3S/c1-8(2)11(13(21)22-3)19-12(20)9-4-6-10(7-5-9)23(14,15,16,17)18/h4-8,11H,1-3H3,(H,19,20)/t11-/m1/s1. The van der Waals surface area contributed by atoms with Crippen molar-refractivity contribution in [3.05, 3.63) is 29.8 Å². The molecule has 132 valence electrons. The predicted octanol–water partition coefficient (Wildman–Crippen LogP) is 4.27. The molecule has 0 aliphatic heterocycles. The van der Waals surface area contributed by atoms with E-state index in [9.17, 15) is 29.0 Å². The highest BCUT2D eigenvalue weighted by Crippen LogP contribution is 3.02. The number of hydrogen-bond acceptors (Lipinski definition) is 3. The van der Waals surface area contributed by atoms with Crippen molar-refractivity contribution in [2.75, 3.05) is 7.11 Å². The number of carbonyl (C=O) groups is 2. The van der Waals surface area contributed by atoms with Crippen molar-refractivity contribution in [1.29, 1.82) is 0 Å². The summed E-state index contributed by atoms with van der Waals surface area (Å²) < 4.78 is 67.4. The van der Waals surface area contributed by atoms with Crippen LogP contribution in [0.5, 0.6) is 0 Å². The van der Waals surface area contributed by atoms with Crippen molar-refractivity contribution >= 4 is 22.1 Å². The summed E-state index contributed by atoms with van der Waals surface area (Å²) in [5, 5.41) is 2.29. The van der Waals surface area contributed by atoms with E-state index in [1.165, 1.54) is 0 Å². The fourth-order valence-electron chi connectivity index (χ4n) is 1.71. The van der Waals surface area contributed by atoms with Crippen LogP contribution in [0.25, 0.3) is 0 Å². The van der Waals surface area contributed by atoms with Crippen molar-refractivity contribution in [2.45, 2.75) is 24.8 Å². The summed E-state index contributed by atoms with van der Waals surface area (Å²) in [6.45, 7) is 3.25. The van der Waals surface area contributed by atoms with E-state index < -0.39 is 33.0 Å². The van der Waals surface area contributed by atoms with Crippen molar-refractivity contribution in [2.24, 2.45) is 5.92 Å². The quantitative estimate of drug-likeness (QED) is 0.629. The average molecular weight is 361 g/mol. The summed E-state index contributed by atoms with van der Waals surface area (Å²) in [6, 6.07) is 0.509. The number of esters is 1. The van der Waals surface area contributed by atoms with Crippen LogP contribution in [0.1, 0.15) is 24.2 Å². The Balaban J connectivity index is 3.01. The first-order valence-electron chi connectivity index (χ1n) is 6.38. The maximum Gasteiger partial charge on any atom is 0.328 e. The molecule has 0 unspecified atom stereocenters. The molecule has 0 fully saturated rings. The van der Waals surface area contributed by atoms with E-state index >= 15 is 0 Å². The van der Waals surface area contributed by atoms with Crippen LogP contribution in [0.3, 0.4) is 0 Å². The maximum atomic E-state index is 12.6. The number of rotatable bonds is 5. The SMILES string of the molecule is COC(=O)[C@H](NC(=O)c1ccc(S(F)(F)(F)(F)F)cc1)C(C)C. The first-order valence-corrected chi connectivity index (χ1v) is 8.33. The molecule has 0 spiro atoms. The Morgan fingerprint density at radius 3 is 1.87 bits per heavy atom. The first-order chi connectivity index (χ1) is 10.2. The maximum absolute atomic E-state index is 12.6. The number of methoxy groups -OCH3 is 1. The number of benzene rings is 1. The molecule has 10 heteroatoms. The summed E-state index contributed by atoms with van der Waals surface area (Å²) in [6.07, 6.45) is 0. The van der Waals surface area contributed by atoms with Crippen LogP contribution in [-0.2, 0) is 9.53 Å². The smallest absolute Gasteiger partial charge is 0.328 e. The fraction of sp³-hybridized carbons (Fsp3) is 0.385. The Morgan fingerprint density at radius 2 is 1.52 bits per heavy atom. The summed E-state index contributed by atoms with van der Waals surface area (Å²) in [5.74, 6) is -1.94. The molecule has 0 saturated carbocycles. The highest BCUT2D eigenvalue weighted by atomic mass is 32.5. The lowest BCUT2D eigenvalue weighted by Gasteiger charge is -2.40. The fourth-order valence-corrected chi connectivity index (χ4v) is 2.36. The van der Waals surface area contributed by atoms with E-state index in [4.69, 9.17) is 0 Å². The van der Waals surface area contributed by atoms with Gasteiger partial charge in [0.1, 0.15) is 10.9 Å². The second-order valence-corrected chi connectivity index (χ2v) is 7.62. The van der Waals surface area contributed by atoms with Crippen LogP contribution in [0.15, 0.2) is 29.2 Å². The van der Waals surface area contributed by atoms with Crippen molar-refractivity contribution < 1.29 is 33.8 Å². The van der Waals surface area contributed by atoms with Gasteiger partial charge in [-0.15, -0.1) is 0 Å². The van der Waals surface area contributed by atoms with Crippen LogP contribution in [-0.4, -0.2) is 25.0 Å². The second-order valence-electron chi connectivity index (χ2n) is 5.21. The van der Waals surface area contributed by atoms with E-state index in [-0.39, 0.29) is 23.6 Å². The predicted molar refractivity (Wildman–Crippen MR) is 75.9 cm³/mol. The lowest BCUT2D eigenvalue weighted by Crippen LogP contribution is -2.45. The van der Waals surface area contributed by atoms with Crippen molar-refractivity contribution in [3.8, 4) is 0 Å². The molecule has 1 atom stereocenters. The van der Waals surface area contributed by atoms with Gasteiger partial charge in [0.2, 0.25) is 0 Å². The molecule has 0 heterocycles. The van der Waals surface area contributed by atoms with Crippen LogP contribution in [0.4, 0.5) is 19.4 Å². The third-order valence-corrected chi connectivity index (χ3v) is 4.13. The number of nitrogens with one attached hydrogen (secondary N) is 1.